The lowest BCUT2D eigenvalue weighted by molar-refractivity contribution is 1.19. The molecule has 1 heterocycles. The number of aromatic nitrogens is 2. The second kappa shape index (κ2) is 11.1. The predicted molar refractivity (Wildman–Crippen MR) is 184 cm³/mol. The van der Waals surface area contributed by atoms with E-state index < -0.39 is 30.2 Å². The van der Waals surface area contributed by atoms with Crippen molar-refractivity contribution in [3.63, 3.8) is 0 Å². The summed E-state index contributed by atoms with van der Waals surface area (Å²) in [6.45, 7) is 0. The molecular weight excluding hydrogens is 532 g/mol. The highest BCUT2D eigenvalue weighted by Gasteiger charge is 2.15. The average molecular weight is 567 g/mol. The summed E-state index contributed by atoms with van der Waals surface area (Å²) in [6.07, 6.45) is 0. The van der Waals surface area contributed by atoms with E-state index in [2.05, 4.69) is 36.4 Å². The van der Waals surface area contributed by atoms with E-state index in [1.165, 1.54) is 0 Å². The van der Waals surface area contributed by atoms with Crippen LogP contribution in [0.2, 0.25) is 0 Å². The smallest absolute Gasteiger partial charge is 0.160 e. The van der Waals surface area contributed by atoms with E-state index in [0.717, 1.165) is 43.8 Å². The van der Waals surface area contributed by atoms with Crippen molar-refractivity contribution in [2.45, 2.75) is 0 Å². The maximum Gasteiger partial charge on any atom is 0.160 e. The quantitative estimate of drug-likeness (QED) is 0.207. The van der Waals surface area contributed by atoms with Gasteiger partial charge < -0.3 is 0 Å². The second-order valence-electron chi connectivity index (χ2n) is 10.6. The van der Waals surface area contributed by atoms with Crippen LogP contribution in [-0.2, 0) is 0 Å². The summed E-state index contributed by atoms with van der Waals surface area (Å²) in [5.74, 6) is -0.0428. The second-order valence-corrected chi connectivity index (χ2v) is 10.6. The number of nitrogens with zero attached hydrogens (tertiary/aromatic N) is 2. The third-order valence-corrected chi connectivity index (χ3v) is 7.88. The summed E-state index contributed by atoms with van der Waals surface area (Å²) in [5, 5.41) is 3.80. The van der Waals surface area contributed by atoms with Crippen LogP contribution >= 0.6 is 0 Å². The molecule has 0 aliphatic heterocycles. The Bertz CT molecular complexity index is 2580. The van der Waals surface area contributed by atoms with Crippen LogP contribution in [0.15, 0.2) is 170 Å². The fraction of sp³-hybridized carbons (Fsp3) is 0. The summed E-state index contributed by atoms with van der Waals surface area (Å²) in [4.78, 5) is 9.61. The highest BCUT2D eigenvalue weighted by Crippen LogP contribution is 2.37. The molecule has 1 aromatic heterocycles. The summed E-state index contributed by atoms with van der Waals surface area (Å²) in [7, 11) is 0. The molecule has 0 aliphatic carbocycles. The van der Waals surface area contributed by atoms with Crippen molar-refractivity contribution in [1.82, 2.24) is 9.97 Å². The Kier molecular flexibility index (Phi) is 5.07. The minimum atomic E-state index is -0.492. The van der Waals surface area contributed by atoms with E-state index in [-0.39, 0.29) is 17.4 Å². The maximum atomic E-state index is 9.53. The lowest BCUT2D eigenvalue weighted by atomic mass is 9.93. The molecule has 0 amide bonds. The molecule has 206 valence electrons. The molecule has 7 aromatic carbocycles. The molecule has 8 rings (SSSR count). The van der Waals surface area contributed by atoms with Crippen LogP contribution in [0.3, 0.4) is 0 Å². The molecule has 0 aliphatic rings. The molecular formula is C42H28N2. The molecule has 0 spiro atoms. The molecule has 0 radical (unpaired) electrons. The highest BCUT2D eigenvalue weighted by molar-refractivity contribution is 6.04. The van der Waals surface area contributed by atoms with Crippen LogP contribution < -0.4 is 0 Å². The standard InChI is InChI=1S/C42H28N2/c1-4-12-29(13-5-1)32-20-21-34-27-35(23-22-33(34)26-32)40-28-41(44-42(43-40)31-16-8-3-9-17-31)39-25-24-36(30-14-6-2-7-15-30)37-18-10-11-19-38(37)39/h1-28H/i3D,8D,9D,16D,17D,28D. The van der Waals surface area contributed by atoms with Gasteiger partial charge in [-0.1, -0.05) is 152 Å². The van der Waals surface area contributed by atoms with Gasteiger partial charge >= 0.3 is 0 Å². The molecule has 0 saturated carbocycles. The number of hydrogen-bond acceptors (Lipinski definition) is 2. The Morgan fingerprint density at radius 1 is 0.409 bits per heavy atom. The monoisotopic (exact) mass is 566 g/mol. The third kappa shape index (κ3) is 4.83. The van der Waals surface area contributed by atoms with Gasteiger partial charge in [-0.3, -0.25) is 0 Å². The highest BCUT2D eigenvalue weighted by atomic mass is 14.9. The van der Waals surface area contributed by atoms with Crippen LogP contribution in [0.5, 0.6) is 0 Å². The fourth-order valence-corrected chi connectivity index (χ4v) is 5.72. The van der Waals surface area contributed by atoms with Crippen molar-refractivity contribution in [1.29, 1.82) is 0 Å². The number of benzene rings is 7. The van der Waals surface area contributed by atoms with Gasteiger partial charge in [0.1, 0.15) is 0 Å². The normalized spacial score (nSPS) is 13.1. The molecule has 0 atom stereocenters. The fourth-order valence-electron chi connectivity index (χ4n) is 5.72. The molecule has 8 aromatic rings. The van der Waals surface area contributed by atoms with Gasteiger partial charge in [-0.05, 0) is 62.0 Å². The predicted octanol–water partition coefficient (Wildman–Crippen LogP) is 11.1. The van der Waals surface area contributed by atoms with Crippen molar-refractivity contribution in [3.05, 3.63) is 170 Å². The van der Waals surface area contributed by atoms with E-state index in [0.29, 0.717) is 22.5 Å². The van der Waals surface area contributed by atoms with Crippen molar-refractivity contribution in [2.24, 2.45) is 0 Å². The Morgan fingerprint density at radius 2 is 0.977 bits per heavy atom. The lowest BCUT2D eigenvalue weighted by Gasteiger charge is -2.14. The van der Waals surface area contributed by atoms with E-state index in [9.17, 15) is 1.37 Å². The van der Waals surface area contributed by atoms with Gasteiger partial charge in [0.2, 0.25) is 0 Å². The maximum absolute atomic E-state index is 9.53. The molecule has 0 unspecified atom stereocenters. The number of hydrogen-bond donors (Lipinski definition) is 0. The first kappa shape index (κ1) is 20.1. The summed E-state index contributed by atoms with van der Waals surface area (Å²) in [5.41, 5.74) is 6.09. The lowest BCUT2D eigenvalue weighted by Crippen LogP contribution is -1.97. The Balaban J connectivity index is 1.38. The Labute approximate surface area is 265 Å². The molecule has 0 N–H and O–H groups in total. The topological polar surface area (TPSA) is 25.8 Å². The first-order chi connectivity index (χ1) is 24.3. The minimum absolute atomic E-state index is 0.0428. The minimum Gasteiger partial charge on any atom is -0.228 e. The first-order valence-electron chi connectivity index (χ1n) is 17.4. The van der Waals surface area contributed by atoms with Gasteiger partial charge in [0, 0.05) is 16.7 Å². The van der Waals surface area contributed by atoms with E-state index in [1.807, 2.05) is 97.1 Å². The van der Waals surface area contributed by atoms with Crippen LogP contribution in [0.1, 0.15) is 8.22 Å². The van der Waals surface area contributed by atoms with E-state index in [4.69, 9.17) is 16.8 Å². The Morgan fingerprint density at radius 3 is 1.70 bits per heavy atom. The van der Waals surface area contributed by atoms with Gasteiger partial charge in [-0.2, -0.15) is 0 Å². The zero-order valence-corrected chi connectivity index (χ0v) is 23.6. The first-order valence-corrected chi connectivity index (χ1v) is 14.4. The largest absolute Gasteiger partial charge is 0.228 e. The van der Waals surface area contributed by atoms with Crippen molar-refractivity contribution in [3.8, 4) is 56.2 Å². The average Bonchev–Trinajstić information content (AvgIpc) is 3.17. The molecule has 0 saturated heterocycles. The zero-order chi connectivity index (χ0) is 34.5. The molecule has 2 heteroatoms. The molecule has 0 fully saturated rings. The third-order valence-electron chi connectivity index (χ3n) is 7.88. The summed E-state index contributed by atoms with van der Waals surface area (Å²) in [6, 6.07) is 42.0. The molecule has 0 bridgehead atoms. The zero-order valence-electron chi connectivity index (χ0n) is 29.6. The van der Waals surface area contributed by atoms with Crippen molar-refractivity contribution in [2.75, 3.05) is 0 Å². The van der Waals surface area contributed by atoms with Crippen LogP contribution in [0.25, 0.3) is 77.7 Å². The van der Waals surface area contributed by atoms with Gasteiger partial charge in [-0.25, -0.2) is 9.97 Å². The van der Waals surface area contributed by atoms with Gasteiger partial charge in [-0.15, -0.1) is 0 Å². The van der Waals surface area contributed by atoms with Crippen molar-refractivity contribution >= 4 is 21.5 Å². The van der Waals surface area contributed by atoms with Crippen molar-refractivity contribution < 1.29 is 8.22 Å². The van der Waals surface area contributed by atoms with Crippen LogP contribution in [-0.4, -0.2) is 9.97 Å². The summed E-state index contributed by atoms with van der Waals surface area (Å²) < 4.78 is 51.8. The van der Waals surface area contributed by atoms with Gasteiger partial charge in [0.15, 0.2) is 5.82 Å². The SMILES string of the molecule is [2H]c1c(-c2ccc3cc(-c4ccccc4)ccc3c2)nc(-c2c([2H])c([2H])c([2H])c([2H])c2[2H])nc1-c1ccc(-c2ccccc2)c2ccccc12. The van der Waals surface area contributed by atoms with Crippen LogP contribution in [0, 0.1) is 0 Å². The van der Waals surface area contributed by atoms with Gasteiger partial charge in [0.05, 0.1) is 19.6 Å². The van der Waals surface area contributed by atoms with E-state index in [1.54, 1.807) is 0 Å². The number of rotatable bonds is 5. The van der Waals surface area contributed by atoms with E-state index >= 15 is 0 Å². The molecule has 44 heavy (non-hydrogen) atoms. The summed E-state index contributed by atoms with van der Waals surface area (Å²) >= 11 is 0. The number of fused-ring (bicyclic) bond motifs is 2. The Hall–Kier alpha value is -5.86. The van der Waals surface area contributed by atoms with Crippen LogP contribution in [0.4, 0.5) is 0 Å². The molecule has 2 nitrogen and oxygen atoms in total. The van der Waals surface area contributed by atoms with Gasteiger partial charge in [0.25, 0.3) is 0 Å².